The molecule has 0 bridgehead atoms. The fourth-order valence-electron chi connectivity index (χ4n) is 1.44. The van der Waals surface area contributed by atoms with Gasteiger partial charge in [0.05, 0.1) is 13.2 Å². The largest absolute Gasteiger partial charge is 0.504 e. The molecule has 1 aromatic rings. The van der Waals surface area contributed by atoms with Gasteiger partial charge in [-0.15, -0.1) is 0 Å². The summed E-state index contributed by atoms with van der Waals surface area (Å²) in [6, 6.07) is 4.77. The van der Waals surface area contributed by atoms with Crippen LogP contribution in [0.3, 0.4) is 0 Å². The van der Waals surface area contributed by atoms with Crippen molar-refractivity contribution in [2.45, 2.75) is 13.8 Å². The Kier molecular flexibility index (Phi) is 6.07. The first-order valence-corrected chi connectivity index (χ1v) is 6.77. The van der Waals surface area contributed by atoms with Gasteiger partial charge in [0, 0.05) is 4.47 Å². The molecule has 0 amide bonds. The number of ether oxygens (including phenoxy) is 2. The summed E-state index contributed by atoms with van der Waals surface area (Å²) < 4.78 is 10.6. The molecule has 0 aromatic heterocycles. The summed E-state index contributed by atoms with van der Waals surface area (Å²) in [6.45, 7) is 4.03. The number of esters is 1. The zero-order chi connectivity index (χ0) is 15.1. The Labute approximate surface area is 125 Å². The first-order chi connectivity index (χ1) is 9.53. The van der Waals surface area contributed by atoms with Crippen LogP contribution in [0.1, 0.15) is 19.4 Å². The topological polar surface area (TPSA) is 79.6 Å². The highest BCUT2D eigenvalue weighted by Gasteiger charge is 2.13. The van der Waals surface area contributed by atoms with E-state index >= 15 is 0 Å². The molecule has 5 nitrogen and oxygen atoms in total. The highest BCUT2D eigenvalue weighted by molar-refractivity contribution is 9.10. The molecular weight excluding hydrogens is 326 g/mol. The standard InChI is InChI=1S/C14H14BrNO4/c1-3-19-13-6-9(11(15)7-12(13)17)5-10(8-16)14(18)20-4-2/h5-7,17H,3-4H2,1-2H3/b10-5+. The van der Waals surface area contributed by atoms with E-state index < -0.39 is 5.97 Å². The van der Waals surface area contributed by atoms with Crippen LogP contribution in [0.25, 0.3) is 6.08 Å². The van der Waals surface area contributed by atoms with Gasteiger partial charge in [-0.25, -0.2) is 4.79 Å². The van der Waals surface area contributed by atoms with E-state index in [1.165, 1.54) is 12.1 Å². The zero-order valence-electron chi connectivity index (χ0n) is 11.1. The molecule has 0 saturated carbocycles. The molecule has 1 N–H and O–H groups in total. The molecule has 20 heavy (non-hydrogen) atoms. The van der Waals surface area contributed by atoms with Gasteiger partial charge >= 0.3 is 5.97 Å². The van der Waals surface area contributed by atoms with Crippen LogP contribution in [-0.2, 0) is 9.53 Å². The third-order valence-electron chi connectivity index (χ3n) is 2.29. The van der Waals surface area contributed by atoms with Gasteiger partial charge in [0.25, 0.3) is 0 Å². The van der Waals surface area contributed by atoms with Crippen molar-refractivity contribution in [2.24, 2.45) is 0 Å². The smallest absolute Gasteiger partial charge is 0.348 e. The highest BCUT2D eigenvalue weighted by atomic mass is 79.9. The van der Waals surface area contributed by atoms with Crippen molar-refractivity contribution >= 4 is 28.0 Å². The SMILES string of the molecule is CCOC(=O)/C(C#N)=C/c1cc(OCC)c(O)cc1Br. The molecule has 0 aliphatic rings. The first kappa shape index (κ1) is 16.1. The molecule has 106 valence electrons. The van der Waals surface area contributed by atoms with Gasteiger partial charge in [0.15, 0.2) is 11.5 Å². The van der Waals surface area contributed by atoms with Crippen molar-refractivity contribution in [1.29, 1.82) is 5.26 Å². The van der Waals surface area contributed by atoms with Crippen molar-refractivity contribution in [1.82, 2.24) is 0 Å². The number of nitriles is 1. The Bertz CT molecular complexity index is 575. The van der Waals surface area contributed by atoms with E-state index in [1.54, 1.807) is 26.0 Å². The first-order valence-electron chi connectivity index (χ1n) is 5.97. The summed E-state index contributed by atoms with van der Waals surface area (Å²) in [5, 5.41) is 18.7. The number of benzene rings is 1. The Morgan fingerprint density at radius 2 is 2.15 bits per heavy atom. The lowest BCUT2D eigenvalue weighted by Gasteiger charge is -2.08. The molecule has 0 heterocycles. The lowest BCUT2D eigenvalue weighted by atomic mass is 10.1. The van der Waals surface area contributed by atoms with Gasteiger partial charge < -0.3 is 14.6 Å². The minimum absolute atomic E-state index is 0.0227. The van der Waals surface area contributed by atoms with Crippen LogP contribution in [0.5, 0.6) is 11.5 Å². The van der Waals surface area contributed by atoms with Gasteiger partial charge in [-0.3, -0.25) is 0 Å². The van der Waals surface area contributed by atoms with Gasteiger partial charge in [-0.05, 0) is 37.6 Å². The monoisotopic (exact) mass is 339 g/mol. The average molecular weight is 340 g/mol. The maximum absolute atomic E-state index is 11.6. The highest BCUT2D eigenvalue weighted by Crippen LogP contribution is 2.33. The van der Waals surface area contributed by atoms with Crippen LogP contribution < -0.4 is 4.74 Å². The van der Waals surface area contributed by atoms with Crippen LogP contribution in [0, 0.1) is 11.3 Å². The zero-order valence-corrected chi connectivity index (χ0v) is 12.7. The lowest BCUT2D eigenvalue weighted by Crippen LogP contribution is -2.06. The Morgan fingerprint density at radius 1 is 1.45 bits per heavy atom. The second kappa shape index (κ2) is 7.56. The number of phenolic OH excluding ortho intramolecular Hbond substituents is 1. The minimum Gasteiger partial charge on any atom is -0.504 e. The maximum atomic E-state index is 11.6. The number of carbonyl (C=O) groups is 1. The fourth-order valence-corrected chi connectivity index (χ4v) is 1.89. The number of hydrogen-bond acceptors (Lipinski definition) is 5. The third kappa shape index (κ3) is 4.00. The normalized spacial score (nSPS) is 10.8. The van der Waals surface area contributed by atoms with E-state index in [0.717, 1.165) is 0 Å². The molecule has 0 aliphatic heterocycles. The molecule has 0 radical (unpaired) electrons. The molecule has 1 rings (SSSR count). The quantitative estimate of drug-likeness (QED) is 0.506. The maximum Gasteiger partial charge on any atom is 0.348 e. The molecule has 0 aliphatic carbocycles. The minimum atomic E-state index is -0.687. The number of nitrogens with zero attached hydrogens (tertiary/aromatic N) is 1. The lowest BCUT2D eigenvalue weighted by molar-refractivity contribution is -0.137. The van der Waals surface area contributed by atoms with Gasteiger partial charge in [-0.2, -0.15) is 5.26 Å². The van der Waals surface area contributed by atoms with Gasteiger partial charge in [0.2, 0.25) is 0 Å². The molecular formula is C14H14BrNO4. The number of carbonyl (C=O) groups excluding carboxylic acids is 1. The van der Waals surface area contributed by atoms with Crippen molar-refractivity contribution in [2.75, 3.05) is 13.2 Å². The van der Waals surface area contributed by atoms with E-state index in [2.05, 4.69) is 15.9 Å². The molecule has 1 aromatic carbocycles. The number of hydrogen-bond donors (Lipinski definition) is 1. The van der Waals surface area contributed by atoms with Crippen LogP contribution in [0.15, 0.2) is 22.2 Å². The van der Waals surface area contributed by atoms with E-state index in [0.29, 0.717) is 16.6 Å². The van der Waals surface area contributed by atoms with Crippen LogP contribution >= 0.6 is 15.9 Å². The van der Waals surface area contributed by atoms with E-state index in [9.17, 15) is 9.90 Å². The summed E-state index contributed by atoms with van der Waals surface area (Å²) in [5.74, 6) is -0.429. The molecule has 0 unspecified atom stereocenters. The van der Waals surface area contributed by atoms with Crippen molar-refractivity contribution in [3.05, 3.63) is 27.7 Å². The Hall–Kier alpha value is -2.00. The van der Waals surface area contributed by atoms with Crippen molar-refractivity contribution in [3.63, 3.8) is 0 Å². The fraction of sp³-hybridized carbons (Fsp3) is 0.286. The number of aromatic hydroxyl groups is 1. The van der Waals surface area contributed by atoms with E-state index in [-0.39, 0.29) is 23.7 Å². The van der Waals surface area contributed by atoms with Crippen LogP contribution in [0.2, 0.25) is 0 Å². The number of rotatable bonds is 5. The van der Waals surface area contributed by atoms with E-state index in [1.807, 2.05) is 0 Å². The summed E-state index contributed by atoms with van der Waals surface area (Å²) in [7, 11) is 0. The summed E-state index contributed by atoms with van der Waals surface area (Å²) in [4.78, 5) is 11.6. The average Bonchev–Trinajstić information content (AvgIpc) is 2.41. The summed E-state index contributed by atoms with van der Waals surface area (Å²) in [6.07, 6.45) is 1.38. The van der Waals surface area contributed by atoms with Crippen LogP contribution in [0.4, 0.5) is 0 Å². The number of halogens is 1. The predicted octanol–water partition coefficient (Wildman–Crippen LogP) is 3.02. The second-order valence-corrected chi connectivity index (χ2v) is 4.52. The molecule has 0 saturated heterocycles. The van der Waals surface area contributed by atoms with Crippen LogP contribution in [-0.4, -0.2) is 24.3 Å². The third-order valence-corrected chi connectivity index (χ3v) is 2.98. The van der Waals surface area contributed by atoms with Crippen molar-refractivity contribution < 1.29 is 19.4 Å². The second-order valence-electron chi connectivity index (χ2n) is 3.66. The molecule has 0 atom stereocenters. The predicted molar refractivity (Wildman–Crippen MR) is 77.2 cm³/mol. The molecule has 0 spiro atoms. The molecule has 0 fully saturated rings. The van der Waals surface area contributed by atoms with Crippen molar-refractivity contribution in [3.8, 4) is 17.6 Å². The Morgan fingerprint density at radius 3 is 2.70 bits per heavy atom. The summed E-state index contributed by atoms with van der Waals surface area (Å²) in [5.41, 5.74) is 0.413. The Balaban J connectivity index is 3.21. The number of phenols is 1. The van der Waals surface area contributed by atoms with Gasteiger partial charge in [0.1, 0.15) is 11.6 Å². The van der Waals surface area contributed by atoms with E-state index in [4.69, 9.17) is 14.7 Å². The molecule has 6 heteroatoms. The van der Waals surface area contributed by atoms with Gasteiger partial charge in [-0.1, -0.05) is 15.9 Å². The summed E-state index contributed by atoms with van der Waals surface area (Å²) >= 11 is 3.26.